The lowest BCUT2D eigenvalue weighted by molar-refractivity contribution is -0.870. The molecule has 0 aliphatic rings. The van der Waals surface area contributed by atoms with E-state index in [1.165, 1.54) is 0 Å². The lowest BCUT2D eigenvalue weighted by atomic mass is 10.5. The Bertz CT molecular complexity index is 103. The Kier molecular flexibility index (Phi) is 3.84. The topological polar surface area (TPSA) is 69.9 Å². The molecule has 6 heteroatoms. The summed E-state index contributed by atoms with van der Waals surface area (Å²) in [5, 5.41) is 0. The normalized spacial score (nSPS) is 13.6. The van der Waals surface area contributed by atoms with Gasteiger partial charge in [-0.1, -0.05) is 0 Å². The van der Waals surface area contributed by atoms with Crippen LogP contribution in [-0.2, 0) is 4.52 Å². The number of likely N-dealkylation sites (N-methyl/N-ethyl adjacent to an activating group) is 1. The highest BCUT2D eigenvalue weighted by Crippen LogP contribution is 2.45. The van der Waals surface area contributed by atoms with Crippen molar-refractivity contribution in [1.82, 2.24) is 0 Å². The summed E-state index contributed by atoms with van der Waals surface area (Å²) in [6.07, 6.45) is 0. The molecule has 68 valence electrons. The second kappa shape index (κ2) is 3.76. The van der Waals surface area contributed by atoms with Crippen LogP contribution in [0.4, 0.5) is 0 Å². The highest BCUT2D eigenvalue weighted by atomic mass is 31.2. The highest BCUT2D eigenvalue weighted by Gasteiger charge is 2.33. The Balaban J connectivity index is 3.44. The maximum absolute atomic E-state index is 8.41. The van der Waals surface area contributed by atoms with Crippen LogP contribution in [0.25, 0.3) is 0 Å². The average Bonchev–Trinajstić information content (AvgIpc) is 1.55. The molecule has 0 heterocycles. The number of quaternary nitrogens is 1. The van der Waals surface area contributed by atoms with E-state index >= 15 is 0 Å². The van der Waals surface area contributed by atoms with Crippen LogP contribution in [0.2, 0.25) is 0 Å². The maximum Gasteiger partial charge on any atom is 0.567 e. The summed E-state index contributed by atoms with van der Waals surface area (Å²) in [5.74, 6) is 0. The first-order chi connectivity index (χ1) is 4.71. The highest BCUT2D eigenvalue weighted by molar-refractivity contribution is 7.53. The predicted molar refractivity (Wildman–Crippen MR) is 42.4 cm³/mol. The van der Waals surface area contributed by atoms with Gasteiger partial charge in [-0.05, 0) is 0 Å². The first-order valence-electron chi connectivity index (χ1n) is 3.23. The maximum atomic E-state index is 8.41. The van der Waals surface area contributed by atoms with Gasteiger partial charge in [0.05, 0.1) is 21.1 Å². The smallest absolute Gasteiger partial charge is 0.329 e. The standard InChI is InChI=1S/C5H16NO4P/c1-6(2,3)4-5-10-11(7,8)9/h7-9H,4-5H2,1-3H3/q+2. The molecule has 11 heavy (non-hydrogen) atoms. The lowest BCUT2D eigenvalue weighted by Gasteiger charge is -2.22. The van der Waals surface area contributed by atoms with Crippen molar-refractivity contribution in [3.63, 3.8) is 0 Å². The Labute approximate surface area is 67.1 Å². The van der Waals surface area contributed by atoms with Crippen molar-refractivity contribution in [3.05, 3.63) is 0 Å². The zero-order valence-electron chi connectivity index (χ0n) is 7.06. The van der Waals surface area contributed by atoms with Gasteiger partial charge in [0.1, 0.15) is 13.2 Å². The van der Waals surface area contributed by atoms with Crippen molar-refractivity contribution < 1.29 is 23.7 Å². The molecule has 0 aromatic carbocycles. The second-order valence-electron chi connectivity index (χ2n) is 3.36. The van der Waals surface area contributed by atoms with Crippen LogP contribution in [0.5, 0.6) is 0 Å². The number of hydrogen-bond donors (Lipinski definition) is 3. The Morgan fingerprint density at radius 1 is 1.18 bits per heavy atom. The molecule has 0 saturated heterocycles. The Morgan fingerprint density at radius 3 is 1.91 bits per heavy atom. The van der Waals surface area contributed by atoms with E-state index in [1.54, 1.807) is 0 Å². The van der Waals surface area contributed by atoms with E-state index in [9.17, 15) is 0 Å². The molecule has 0 rings (SSSR count). The van der Waals surface area contributed by atoms with E-state index in [0.29, 0.717) is 11.0 Å². The van der Waals surface area contributed by atoms with Crippen LogP contribution in [-0.4, -0.2) is 53.5 Å². The summed E-state index contributed by atoms with van der Waals surface area (Å²) in [6, 6.07) is 0. The van der Waals surface area contributed by atoms with Gasteiger partial charge in [0.25, 0.3) is 0 Å². The summed E-state index contributed by atoms with van der Waals surface area (Å²) < 4.78 is 5.02. The second-order valence-corrected chi connectivity index (χ2v) is 4.65. The minimum absolute atomic E-state index is 0.140. The SMILES string of the molecule is C[N+](C)(C)CCO[P+](O)(O)O. The van der Waals surface area contributed by atoms with Crippen molar-refractivity contribution in [2.45, 2.75) is 0 Å². The molecule has 5 nitrogen and oxygen atoms in total. The molecule has 0 aromatic heterocycles. The van der Waals surface area contributed by atoms with Crippen LogP contribution in [0.1, 0.15) is 0 Å². The van der Waals surface area contributed by atoms with Crippen LogP contribution in [0.3, 0.4) is 0 Å². The lowest BCUT2D eigenvalue weighted by Crippen LogP contribution is -2.37. The van der Waals surface area contributed by atoms with E-state index in [4.69, 9.17) is 14.7 Å². The molecule has 0 bridgehead atoms. The first kappa shape index (κ1) is 11.2. The quantitative estimate of drug-likeness (QED) is 0.402. The van der Waals surface area contributed by atoms with Gasteiger partial charge in [0.15, 0.2) is 0 Å². The number of hydrogen-bond acceptors (Lipinski definition) is 4. The molecular weight excluding hydrogens is 169 g/mol. The van der Waals surface area contributed by atoms with Gasteiger partial charge in [0.2, 0.25) is 0 Å². The Morgan fingerprint density at radius 2 is 1.64 bits per heavy atom. The van der Waals surface area contributed by atoms with Crippen molar-refractivity contribution in [1.29, 1.82) is 0 Å². The fourth-order valence-electron chi connectivity index (χ4n) is 0.437. The molecule has 0 spiro atoms. The first-order valence-corrected chi connectivity index (χ1v) is 4.79. The predicted octanol–water partition coefficient (Wildman–Crippen LogP) is -0.636. The Hall–Kier alpha value is 0.230. The summed E-state index contributed by atoms with van der Waals surface area (Å²) in [7, 11) is 1.81. The van der Waals surface area contributed by atoms with Crippen molar-refractivity contribution in [3.8, 4) is 0 Å². The molecule has 0 fully saturated rings. The molecule has 0 radical (unpaired) electrons. The molecule has 0 aliphatic carbocycles. The third-order valence-electron chi connectivity index (χ3n) is 1.03. The number of nitrogens with zero attached hydrogens (tertiary/aromatic N) is 1. The zero-order chi connectivity index (χ0) is 9.12. The molecular formula is C5H16NO4P+2. The fraction of sp³-hybridized carbons (Fsp3) is 1.00. The van der Waals surface area contributed by atoms with Crippen LogP contribution < -0.4 is 0 Å². The summed E-state index contributed by atoms with van der Waals surface area (Å²) in [4.78, 5) is 25.2. The van der Waals surface area contributed by atoms with Gasteiger partial charge in [-0.15, -0.1) is 4.52 Å². The van der Waals surface area contributed by atoms with Gasteiger partial charge < -0.3 is 4.48 Å². The summed E-state index contributed by atoms with van der Waals surface area (Å²) in [6.45, 7) is 0.754. The largest absolute Gasteiger partial charge is 0.567 e. The van der Waals surface area contributed by atoms with Crippen LogP contribution >= 0.6 is 8.17 Å². The number of rotatable bonds is 4. The third kappa shape index (κ3) is 10.2. The fourth-order valence-corrected chi connectivity index (χ4v) is 0.764. The van der Waals surface area contributed by atoms with E-state index < -0.39 is 8.17 Å². The van der Waals surface area contributed by atoms with Crippen LogP contribution in [0, 0.1) is 0 Å². The molecule has 0 unspecified atom stereocenters. The van der Waals surface area contributed by atoms with E-state index in [2.05, 4.69) is 4.52 Å². The third-order valence-corrected chi connectivity index (χ3v) is 1.56. The van der Waals surface area contributed by atoms with E-state index in [0.717, 1.165) is 0 Å². The molecule has 0 aromatic rings. The van der Waals surface area contributed by atoms with Crippen molar-refractivity contribution in [2.75, 3.05) is 34.3 Å². The van der Waals surface area contributed by atoms with Crippen molar-refractivity contribution in [2.24, 2.45) is 0 Å². The van der Waals surface area contributed by atoms with Gasteiger partial charge in [-0.25, -0.2) is 0 Å². The van der Waals surface area contributed by atoms with Gasteiger partial charge in [0, 0.05) is 0 Å². The zero-order valence-corrected chi connectivity index (χ0v) is 7.95. The summed E-state index contributed by atoms with van der Waals surface area (Å²) >= 11 is 0. The molecule has 0 amide bonds. The van der Waals surface area contributed by atoms with Crippen molar-refractivity contribution >= 4 is 8.17 Å². The summed E-state index contributed by atoms with van der Waals surface area (Å²) in [5.41, 5.74) is 0. The monoisotopic (exact) mass is 185 g/mol. The minimum Gasteiger partial charge on any atom is -0.329 e. The van der Waals surface area contributed by atoms with Gasteiger partial charge >= 0.3 is 8.17 Å². The van der Waals surface area contributed by atoms with Gasteiger partial charge in [-0.2, -0.15) is 14.7 Å². The molecule has 0 saturated carbocycles. The average molecular weight is 185 g/mol. The van der Waals surface area contributed by atoms with E-state index in [-0.39, 0.29) is 6.61 Å². The molecule has 0 atom stereocenters. The molecule has 0 aliphatic heterocycles. The van der Waals surface area contributed by atoms with Crippen LogP contribution in [0.15, 0.2) is 0 Å². The molecule has 3 N–H and O–H groups in total. The van der Waals surface area contributed by atoms with Gasteiger partial charge in [-0.3, -0.25) is 0 Å². The minimum atomic E-state index is -4.01. The van der Waals surface area contributed by atoms with E-state index in [1.807, 2.05) is 21.1 Å².